The van der Waals surface area contributed by atoms with E-state index in [-0.39, 0.29) is 6.04 Å². The van der Waals surface area contributed by atoms with Gasteiger partial charge in [0, 0.05) is 5.56 Å². The summed E-state index contributed by atoms with van der Waals surface area (Å²) in [6, 6.07) is -0.0266. The molecule has 4 heteroatoms. The zero-order chi connectivity index (χ0) is 9.14. The van der Waals surface area contributed by atoms with Gasteiger partial charge in [-0.3, -0.25) is 0 Å². The molecule has 1 rings (SSSR count). The molecule has 0 amide bonds. The van der Waals surface area contributed by atoms with Crippen molar-refractivity contribution in [2.24, 2.45) is 0 Å². The van der Waals surface area contributed by atoms with Crippen LogP contribution in [0.25, 0.3) is 0 Å². The van der Waals surface area contributed by atoms with Crippen LogP contribution in [0.2, 0.25) is 0 Å². The Morgan fingerprint density at radius 2 is 2.25 bits per heavy atom. The Bertz CT molecular complexity index is 291. The molecule has 64 valence electrons. The maximum Gasteiger partial charge on any atom is 0.177 e. The van der Waals surface area contributed by atoms with Gasteiger partial charge in [-0.2, -0.15) is 5.26 Å². The monoisotopic (exact) mass is 165 g/mol. The first-order chi connectivity index (χ1) is 5.66. The van der Waals surface area contributed by atoms with E-state index < -0.39 is 0 Å². The van der Waals surface area contributed by atoms with Crippen LogP contribution in [-0.4, -0.2) is 5.16 Å². The Labute approximate surface area is 71.2 Å². The van der Waals surface area contributed by atoms with Gasteiger partial charge in [0.2, 0.25) is 0 Å². The second-order valence-electron chi connectivity index (χ2n) is 2.72. The van der Waals surface area contributed by atoms with Crippen LogP contribution >= 0.6 is 0 Å². The lowest BCUT2D eigenvalue weighted by atomic mass is 10.1. The number of nitrogens with one attached hydrogen (secondary N) is 1. The smallest absolute Gasteiger partial charge is 0.177 e. The third-order valence-electron chi connectivity index (χ3n) is 1.80. The van der Waals surface area contributed by atoms with Crippen LogP contribution in [-0.2, 0) is 0 Å². The van der Waals surface area contributed by atoms with Crippen molar-refractivity contribution in [1.29, 1.82) is 5.26 Å². The third kappa shape index (κ3) is 1.40. The van der Waals surface area contributed by atoms with Crippen molar-refractivity contribution in [2.75, 3.05) is 0 Å². The lowest BCUT2D eigenvalue weighted by Gasteiger charge is -2.07. The topological polar surface area (TPSA) is 61.9 Å². The Hall–Kier alpha value is -1.50. The molecule has 4 nitrogen and oxygen atoms in total. The predicted octanol–water partition coefficient (Wildman–Crippen LogP) is 1.42. The van der Waals surface area contributed by atoms with E-state index in [0.717, 1.165) is 17.0 Å². The maximum absolute atomic E-state index is 8.41. The molecule has 1 unspecified atom stereocenters. The van der Waals surface area contributed by atoms with Gasteiger partial charge in [-0.15, -0.1) is 0 Å². The number of nitrogens with zero attached hydrogens (tertiary/aromatic N) is 2. The van der Waals surface area contributed by atoms with E-state index in [1.807, 2.05) is 27.0 Å². The van der Waals surface area contributed by atoms with Gasteiger partial charge in [-0.25, -0.2) is 0 Å². The van der Waals surface area contributed by atoms with Crippen molar-refractivity contribution < 1.29 is 4.52 Å². The molecule has 0 radical (unpaired) electrons. The highest BCUT2D eigenvalue weighted by Gasteiger charge is 2.14. The predicted molar refractivity (Wildman–Crippen MR) is 43.1 cm³/mol. The van der Waals surface area contributed by atoms with Crippen LogP contribution < -0.4 is 5.32 Å². The highest BCUT2D eigenvalue weighted by atomic mass is 16.5. The molecule has 0 bridgehead atoms. The molecule has 0 saturated carbocycles. The van der Waals surface area contributed by atoms with Crippen molar-refractivity contribution in [3.05, 3.63) is 17.0 Å². The summed E-state index contributed by atoms with van der Waals surface area (Å²) in [5.74, 6) is 0.766. The fourth-order valence-corrected chi connectivity index (χ4v) is 1.28. The first kappa shape index (κ1) is 8.60. The zero-order valence-electron chi connectivity index (χ0n) is 7.38. The minimum absolute atomic E-state index is 0.0266. The van der Waals surface area contributed by atoms with Gasteiger partial charge in [-0.1, -0.05) is 5.16 Å². The number of hydrogen-bond donors (Lipinski definition) is 1. The van der Waals surface area contributed by atoms with Crippen molar-refractivity contribution in [3.63, 3.8) is 0 Å². The molecule has 0 saturated heterocycles. The summed E-state index contributed by atoms with van der Waals surface area (Å²) in [5.41, 5.74) is 1.80. The van der Waals surface area contributed by atoms with Gasteiger partial charge >= 0.3 is 0 Å². The molecule has 1 atom stereocenters. The number of nitriles is 1. The quantitative estimate of drug-likeness (QED) is 0.531. The van der Waals surface area contributed by atoms with E-state index in [0.29, 0.717) is 0 Å². The fourth-order valence-electron chi connectivity index (χ4n) is 1.28. The highest BCUT2D eigenvalue weighted by molar-refractivity contribution is 5.24. The van der Waals surface area contributed by atoms with Crippen molar-refractivity contribution in [3.8, 4) is 6.19 Å². The van der Waals surface area contributed by atoms with Gasteiger partial charge in [0.25, 0.3) is 0 Å². The lowest BCUT2D eigenvalue weighted by molar-refractivity contribution is 0.391. The Balaban J connectivity index is 2.94. The average molecular weight is 165 g/mol. The summed E-state index contributed by atoms with van der Waals surface area (Å²) < 4.78 is 4.96. The normalized spacial score (nSPS) is 12.2. The maximum atomic E-state index is 8.41. The summed E-state index contributed by atoms with van der Waals surface area (Å²) in [5, 5.41) is 14.8. The lowest BCUT2D eigenvalue weighted by Crippen LogP contribution is -2.13. The second kappa shape index (κ2) is 3.26. The van der Waals surface area contributed by atoms with Crippen LogP contribution in [0.4, 0.5) is 0 Å². The standard InChI is InChI=1S/C8H11N3O/c1-5(10-4-9)8-6(2)11-12-7(8)3/h5,10H,1-3H3. The Kier molecular flexibility index (Phi) is 2.34. The van der Waals surface area contributed by atoms with Gasteiger partial charge in [0.05, 0.1) is 11.7 Å². The molecule has 0 aliphatic rings. The Morgan fingerprint density at radius 3 is 2.67 bits per heavy atom. The van der Waals surface area contributed by atoms with E-state index in [2.05, 4.69) is 10.5 Å². The average Bonchev–Trinajstić information content (AvgIpc) is 2.32. The van der Waals surface area contributed by atoms with Crippen molar-refractivity contribution >= 4 is 0 Å². The van der Waals surface area contributed by atoms with Crippen LogP contribution in [0.1, 0.15) is 30.0 Å². The largest absolute Gasteiger partial charge is 0.361 e. The molecule has 1 heterocycles. The summed E-state index contributed by atoms with van der Waals surface area (Å²) in [4.78, 5) is 0. The molecule has 1 aromatic heterocycles. The van der Waals surface area contributed by atoms with Crippen molar-refractivity contribution in [2.45, 2.75) is 26.8 Å². The molecule has 0 aliphatic carbocycles. The summed E-state index contributed by atoms with van der Waals surface area (Å²) in [7, 11) is 0. The van der Waals surface area contributed by atoms with Crippen LogP contribution in [0.15, 0.2) is 4.52 Å². The minimum Gasteiger partial charge on any atom is -0.361 e. The number of aryl methyl sites for hydroxylation is 2. The number of rotatable bonds is 2. The van der Waals surface area contributed by atoms with Gasteiger partial charge in [-0.05, 0) is 20.8 Å². The van der Waals surface area contributed by atoms with Crippen molar-refractivity contribution in [1.82, 2.24) is 10.5 Å². The molecule has 12 heavy (non-hydrogen) atoms. The number of hydrogen-bond acceptors (Lipinski definition) is 4. The molecule has 0 fully saturated rings. The molecule has 0 aromatic carbocycles. The minimum atomic E-state index is -0.0266. The van der Waals surface area contributed by atoms with E-state index in [4.69, 9.17) is 9.78 Å². The first-order valence-corrected chi connectivity index (χ1v) is 3.74. The summed E-state index contributed by atoms with van der Waals surface area (Å²) >= 11 is 0. The highest BCUT2D eigenvalue weighted by Crippen LogP contribution is 2.20. The first-order valence-electron chi connectivity index (χ1n) is 3.74. The van der Waals surface area contributed by atoms with Gasteiger partial charge < -0.3 is 9.84 Å². The second-order valence-corrected chi connectivity index (χ2v) is 2.72. The molecular weight excluding hydrogens is 154 g/mol. The molecule has 0 aliphatic heterocycles. The molecule has 0 spiro atoms. The van der Waals surface area contributed by atoms with Gasteiger partial charge in [0.15, 0.2) is 6.19 Å². The Morgan fingerprint density at radius 1 is 1.58 bits per heavy atom. The third-order valence-corrected chi connectivity index (χ3v) is 1.80. The molecular formula is C8H11N3O. The van der Waals surface area contributed by atoms with E-state index in [1.54, 1.807) is 0 Å². The van der Waals surface area contributed by atoms with Crippen LogP contribution in [0, 0.1) is 25.3 Å². The molecule has 1 aromatic rings. The molecule has 1 N–H and O–H groups in total. The van der Waals surface area contributed by atoms with E-state index >= 15 is 0 Å². The summed E-state index contributed by atoms with van der Waals surface area (Å²) in [6.45, 7) is 5.60. The number of aromatic nitrogens is 1. The van der Waals surface area contributed by atoms with E-state index in [9.17, 15) is 0 Å². The van der Waals surface area contributed by atoms with E-state index in [1.165, 1.54) is 0 Å². The SMILES string of the molecule is Cc1noc(C)c1C(C)NC#N. The van der Waals surface area contributed by atoms with Crippen LogP contribution in [0.5, 0.6) is 0 Å². The fraction of sp³-hybridized carbons (Fsp3) is 0.500. The summed E-state index contributed by atoms with van der Waals surface area (Å²) in [6.07, 6.45) is 1.89. The van der Waals surface area contributed by atoms with Gasteiger partial charge in [0.1, 0.15) is 5.76 Å². The zero-order valence-corrected chi connectivity index (χ0v) is 7.38. The van der Waals surface area contributed by atoms with Crippen LogP contribution in [0.3, 0.4) is 0 Å².